The minimum absolute atomic E-state index is 0.0475. The van der Waals surface area contributed by atoms with E-state index in [0.29, 0.717) is 12.1 Å². The number of rotatable bonds is 6. The zero-order valence-corrected chi connectivity index (χ0v) is 20.3. The van der Waals surface area contributed by atoms with Crippen LogP contribution in [-0.4, -0.2) is 58.5 Å². The predicted octanol–water partition coefficient (Wildman–Crippen LogP) is 5.99. The van der Waals surface area contributed by atoms with Gasteiger partial charge >= 0.3 is 6.03 Å². The third-order valence-electron chi connectivity index (χ3n) is 8.14. The number of carbonyl (C=O) groups excluding carboxylic acids is 1. The van der Waals surface area contributed by atoms with Gasteiger partial charge in [0.2, 0.25) is 0 Å². The molecule has 3 aliphatic rings. The molecule has 2 saturated heterocycles. The standard InChI is InChI=1S/C28H36ClN3O/c29-25-12-10-24(11-13-25)22-30-19-15-28(16-20-30)17-21-31(18-14-23-6-2-1-3-7-23)27(33)32(28)26-8-4-5-9-26/h1-3,6-7,10-13,26H,4-5,8-9,14-22H2. The van der Waals surface area contributed by atoms with Crippen LogP contribution in [0.2, 0.25) is 5.02 Å². The first-order valence-electron chi connectivity index (χ1n) is 12.7. The van der Waals surface area contributed by atoms with Crippen molar-refractivity contribution >= 4 is 17.6 Å². The second-order valence-electron chi connectivity index (χ2n) is 10.2. The molecule has 0 N–H and O–H groups in total. The normalized spacial score (nSPS) is 21.8. The molecule has 0 unspecified atom stereocenters. The molecule has 0 radical (unpaired) electrons. The Morgan fingerprint density at radius 3 is 2.21 bits per heavy atom. The van der Waals surface area contributed by atoms with E-state index < -0.39 is 0 Å². The topological polar surface area (TPSA) is 26.8 Å². The number of urea groups is 1. The number of amides is 2. The Kier molecular flexibility index (Phi) is 6.94. The van der Waals surface area contributed by atoms with Gasteiger partial charge in [-0.25, -0.2) is 4.79 Å². The molecule has 1 saturated carbocycles. The lowest BCUT2D eigenvalue weighted by atomic mass is 9.79. The molecule has 0 bridgehead atoms. The van der Waals surface area contributed by atoms with Crippen molar-refractivity contribution in [1.29, 1.82) is 0 Å². The van der Waals surface area contributed by atoms with Crippen LogP contribution in [-0.2, 0) is 13.0 Å². The van der Waals surface area contributed by atoms with Crippen LogP contribution in [0.15, 0.2) is 54.6 Å². The van der Waals surface area contributed by atoms with E-state index in [1.165, 1.54) is 36.8 Å². The number of nitrogens with zero attached hydrogens (tertiary/aromatic N) is 3. The van der Waals surface area contributed by atoms with E-state index in [-0.39, 0.29) is 5.54 Å². The highest BCUT2D eigenvalue weighted by atomic mass is 35.5. The number of hydrogen-bond acceptors (Lipinski definition) is 2. The third kappa shape index (κ3) is 5.07. The zero-order valence-electron chi connectivity index (χ0n) is 19.6. The highest BCUT2D eigenvalue weighted by Gasteiger charge is 2.49. The van der Waals surface area contributed by atoms with Gasteiger partial charge < -0.3 is 9.80 Å². The van der Waals surface area contributed by atoms with E-state index in [2.05, 4.69) is 57.2 Å². The number of halogens is 1. The molecular formula is C28H36ClN3O. The van der Waals surface area contributed by atoms with E-state index in [1.54, 1.807) is 0 Å². The first-order valence-corrected chi connectivity index (χ1v) is 13.1. The smallest absolute Gasteiger partial charge is 0.320 e. The van der Waals surface area contributed by atoms with Gasteiger partial charge in [0.05, 0.1) is 0 Å². The van der Waals surface area contributed by atoms with Crippen LogP contribution in [0.25, 0.3) is 0 Å². The van der Waals surface area contributed by atoms with Gasteiger partial charge in [-0.15, -0.1) is 0 Å². The molecule has 5 heteroatoms. The van der Waals surface area contributed by atoms with Crippen molar-refractivity contribution in [1.82, 2.24) is 14.7 Å². The van der Waals surface area contributed by atoms with Gasteiger partial charge in [0.15, 0.2) is 0 Å². The Hall–Kier alpha value is -2.04. The van der Waals surface area contributed by atoms with Gasteiger partial charge in [-0.3, -0.25) is 4.90 Å². The average Bonchev–Trinajstić information content (AvgIpc) is 3.37. The molecule has 2 heterocycles. The molecule has 2 aliphatic heterocycles. The first-order chi connectivity index (χ1) is 16.1. The van der Waals surface area contributed by atoms with Gasteiger partial charge in [-0.1, -0.05) is 66.9 Å². The maximum atomic E-state index is 13.8. The quantitative estimate of drug-likeness (QED) is 0.524. The van der Waals surface area contributed by atoms with Gasteiger partial charge in [0, 0.05) is 49.3 Å². The summed E-state index contributed by atoms with van der Waals surface area (Å²) in [6.07, 6.45) is 9.11. The summed E-state index contributed by atoms with van der Waals surface area (Å²) in [6, 6.07) is 19.5. The van der Waals surface area contributed by atoms with Crippen molar-refractivity contribution < 1.29 is 4.79 Å². The Labute approximate surface area is 203 Å². The van der Waals surface area contributed by atoms with Crippen LogP contribution in [0, 0.1) is 0 Å². The monoisotopic (exact) mass is 465 g/mol. The van der Waals surface area contributed by atoms with E-state index in [0.717, 1.165) is 63.4 Å². The van der Waals surface area contributed by atoms with Gasteiger partial charge in [-0.2, -0.15) is 0 Å². The zero-order chi connectivity index (χ0) is 22.7. The second-order valence-corrected chi connectivity index (χ2v) is 10.6. The van der Waals surface area contributed by atoms with Crippen molar-refractivity contribution in [2.75, 3.05) is 26.2 Å². The van der Waals surface area contributed by atoms with Crippen molar-refractivity contribution in [3.63, 3.8) is 0 Å². The summed E-state index contributed by atoms with van der Waals surface area (Å²) in [5.74, 6) is 0. The minimum atomic E-state index is 0.0475. The van der Waals surface area contributed by atoms with E-state index in [1.807, 2.05) is 12.1 Å². The van der Waals surface area contributed by atoms with Crippen molar-refractivity contribution in [3.8, 4) is 0 Å². The highest BCUT2D eigenvalue weighted by Crippen LogP contribution is 2.41. The summed E-state index contributed by atoms with van der Waals surface area (Å²) < 4.78 is 0. The van der Waals surface area contributed by atoms with Crippen LogP contribution in [0.4, 0.5) is 4.79 Å². The maximum absolute atomic E-state index is 13.8. The molecule has 4 nitrogen and oxygen atoms in total. The number of likely N-dealkylation sites (tertiary alicyclic amines) is 1. The second kappa shape index (κ2) is 10.1. The largest absolute Gasteiger partial charge is 0.324 e. The van der Waals surface area contributed by atoms with Crippen molar-refractivity contribution in [2.24, 2.45) is 0 Å². The van der Waals surface area contributed by atoms with Crippen LogP contribution < -0.4 is 0 Å². The lowest BCUT2D eigenvalue weighted by molar-refractivity contribution is -0.0243. The Morgan fingerprint density at radius 1 is 0.848 bits per heavy atom. The molecule has 0 aromatic heterocycles. The molecule has 33 heavy (non-hydrogen) atoms. The van der Waals surface area contributed by atoms with Gasteiger partial charge in [-0.05, 0) is 61.8 Å². The lowest BCUT2D eigenvalue weighted by Gasteiger charge is -2.56. The summed E-state index contributed by atoms with van der Waals surface area (Å²) in [7, 11) is 0. The first kappa shape index (κ1) is 22.7. The van der Waals surface area contributed by atoms with Crippen LogP contribution >= 0.6 is 11.6 Å². The molecule has 2 amide bonds. The predicted molar refractivity (Wildman–Crippen MR) is 135 cm³/mol. The highest BCUT2D eigenvalue weighted by molar-refractivity contribution is 6.30. The van der Waals surface area contributed by atoms with E-state index in [4.69, 9.17) is 11.6 Å². The average molecular weight is 466 g/mol. The number of benzene rings is 2. The molecule has 1 spiro atoms. The summed E-state index contributed by atoms with van der Waals surface area (Å²) in [6.45, 7) is 4.80. The van der Waals surface area contributed by atoms with Crippen LogP contribution in [0.1, 0.15) is 56.1 Å². The molecule has 176 valence electrons. The summed E-state index contributed by atoms with van der Waals surface area (Å²) >= 11 is 6.06. The maximum Gasteiger partial charge on any atom is 0.320 e. The SMILES string of the molecule is O=C1N(CCc2ccccc2)CCC2(CCN(Cc3ccc(Cl)cc3)CC2)N1C1CCCC1. The number of carbonyl (C=O) groups is 1. The molecule has 0 atom stereocenters. The molecule has 1 aliphatic carbocycles. The Bertz CT molecular complexity index is 918. The number of hydrogen-bond donors (Lipinski definition) is 0. The summed E-state index contributed by atoms with van der Waals surface area (Å²) in [5, 5.41) is 0.793. The molecule has 2 aromatic carbocycles. The fourth-order valence-corrected chi connectivity index (χ4v) is 6.33. The summed E-state index contributed by atoms with van der Waals surface area (Å²) in [4.78, 5) is 20.9. The molecule has 2 aromatic rings. The third-order valence-corrected chi connectivity index (χ3v) is 8.40. The molecular weight excluding hydrogens is 430 g/mol. The summed E-state index contributed by atoms with van der Waals surface area (Å²) in [5.41, 5.74) is 2.68. The Morgan fingerprint density at radius 2 is 1.52 bits per heavy atom. The van der Waals surface area contributed by atoms with Gasteiger partial charge in [0.25, 0.3) is 0 Å². The van der Waals surface area contributed by atoms with Crippen molar-refractivity contribution in [3.05, 3.63) is 70.7 Å². The van der Waals surface area contributed by atoms with E-state index >= 15 is 0 Å². The fraction of sp³-hybridized carbons (Fsp3) is 0.536. The lowest BCUT2D eigenvalue weighted by Crippen LogP contribution is -2.67. The van der Waals surface area contributed by atoms with E-state index in [9.17, 15) is 4.79 Å². The van der Waals surface area contributed by atoms with Crippen LogP contribution in [0.3, 0.4) is 0 Å². The Balaban J connectivity index is 1.26. The fourth-order valence-electron chi connectivity index (χ4n) is 6.20. The van der Waals surface area contributed by atoms with Gasteiger partial charge in [0.1, 0.15) is 0 Å². The number of piperidine rings is 1. The van der Waals surface area contributed by atoms with Crippen molar-refractivity contribution in [2.45, 2.75) is 69.5 Å². The minimum Gasteiger partial charge on any atom is -0.324 e. The molecule has 5 rings (SSSR count). The van der Waals surface area contributed by atoms with Crippen LogP contribution in [0.5, 0.6) is 0 Å². The molecule has 3 fully saturated rings.